The third-order valence-electron chi connectivity index (χ3n) is 17.0. The van der Waals surface area contributed by atoms with Crippen LogP contribution in [-0.4, -0.2) is 34.9 Å². The number of unbranched alkanes of at least 4 members (excludes halogenated alkanes) is 55. The number of carbonyl (C=O) groups is 1. The van der Waals surface area contributed by atoms with Crippen molar-refractivity contribution in [2.24, 2.45) is 0 Å². The van der Waals surface area contributed by atoms with Gasteiger partial charge in [0.25, 0.3) is 0 Å². The minimum Gasteiger partial charge on any atom is -0.394 e. The highest BCUT2D eigenvalue weighted by atomic mass is 16.3. The number of aliphatic hydroxyl groups is 2. The molecule has 466 valence electrons. The van der Waals surface area contributed by atoms with Crippen molar-refractivity contribution in [3.63, 3.8) is 0 Å². The molecule has 0 aromatic heterocycles. The van der Waals surface area contributed by atoms with Crippen molar-refractivity contribution < 1.29 is 15.0 Å². The molecular formula is C75H143NO3. The standard InChI is InChI=1S/C75H143NO3/c1-3-5-7-9-11-13-15-17-19-21-23-25-27-29-31-33-35-36-37-38-39-40-41-43-45-47-49-51-53-55-57-59-61-63-65-67-69-71-75(79)76-73(72-77)74(78)70-68-66-64-62-60-58-56-54-52-50-48-46-44-42-34-32-30-28-26-24-22-20-18-16-14-12-10-8-6-4-2/h15,17,21,23,60,62,68,70,73-74,77-78H,3-14,16,18-20,22,24-59,61,63-67,69,71-72H2,1-2H3,(H,76,79)/b17-15-,23-21-,62-60+,70-68+. The Hall–Kier alpha value is -1.65. The smallest absolute Gasteiger partial charge is 0.220 e. The van der Waals surface area contributed by atoms with Crippen molar-refractivity contribution in [1.29, 1.82) is 0 Å². The third-order valence-corrected chi connectivity index (χ3v) is 17.0. The molecular weight excluding hydrogens is 963 g/mol. The van der Waals surface area contributed by atoms with E-state index in [-0.39, 0.29) is 12.5 Å². The largest absolute Gasteiger partial charge is 0.394 e. The molecule has 0 heterocycles. The first-order chi connectivity index (χ1) is 39.2. The Morgan fingerprint density at radius 1 is 0.304 bits per heavy atom. The van der Waals surface area contributed by atoms with E-state index in [9.17, 15) is 15.0 Å². The van der Waals surface area contributed by atoms with Crippen LogP contribution >= 0.6 is 0 Å². The van der Waals surface area contributed by atoms with Gasteiger partial charge in [0.05, 0.1) is 18.8 Å². The van der Waals surface area contributed by atoms with Crippen LogP contribution in [0.1, 0.15) is 406 Å². The lowest BCUT2D eigenvalue weighted by Crippen LogP contribution is -2.45. The van der Waals surface area contributed by atoms with Gasteiger partial charge in [0.1, 0.15) is 0 Å². The maximum absolute atomic E-state index is 12.5. The number of aliphatic hydroxyl groups excluding tert-OH is 2. The van der Waals surface area contributed by atoms with Crippen molar-refractivity contribution in [2.45, 2.75) is 418 Å². The zero-order chi connectivity index (χ0) is 56.9. The molecule has 0 spiro atoms. The van der Waals surface area contributed by atoms with Crippen LogP contribution in [0.2, 0.25) is 0 Å². The van der Waals surface area contributed by atoms with Gasteiger partial charge in [-0.25, -0.2) is 0 Å². The number of nitrogens with one attached hydrogen (secondary N) is 1. The van der Waals surface area contributed by atoms with Crippen LogP contribution in [0.15, 0.2) is 48.6 Å². The van der Waals surface area contributed by atoms with E-state index in [1.54, 1.807) is 6.08 Å². The molecule has 4 heteroatoms. The molecule has 0 saturated heterocycles. The van der Waals surface area contributed by atoms with Crippen molar-refractivity contribution >= 4 is 5.91 Å². The Balaban J connectivity index is 3.43. The molecule has 0 radical (unpaired) electrons. The molecule has 0 aromatic carbocycles. The maximum atomic E-state index is 12.5. The average Bonchev–Trinajstić information content (AvgIpc) is 3.45. The Morgan fingerprint density at radius 3 is 0.810 bits per heavy atom. The summed E-state index contributed by atoms with van der Waals surface area (Å²) in [7, 11) is 0. The zero-order valence-corrected chi connectivity index (χ0v) is 53.9. The highest BCUT2D eigenvalue weighted by molar-refractivity contribution is 5.76. The summed E-state index contributed by atoms with van der Waals surface area (Å²) in [5, 5.41) is 23.3. The summed E-state index contributed by atoms with van der Waals surface area (Å²) in [5.41, 5.74) is 0. The minimum atomic E-state index is -0.863. The van der Waals surface area contributed by atoms with Gasteiger partial charge in [-0.05, 0) is 64.2 Å². The van der Waals surface area contributed by atoms with Crippen LogP contribution in [0.25, 0.3) is 0 Å². The van der Waals surface area contributed by atoms with Crippen LogP contribution in [0.5, 0.6) is 0 Å². The van der Waals surface area contributed by atoms with Gasteiger partial charge in [-0.1, -0.05) is 383 Å². The summed E-state index contributed by atoms with van der Waals surface area (Å²) >= 11 is 0. The first kappa shape index (κ1) is 77.3. The van der Waals surface area contributed by atoms with E-state index in [0.29, 0.717) is 6.42 Å². The van der Waals surface area contributed by atoms with Crippen molar-refractivity contribution in [1.82, 2.24) is 5.32 Å². The first-order valence-electron chi connectivity index (χ1n) is 36.4. The topological polar surface area (TPSA) is 69.6 Å². The Bertz CT molecular complexity index is 1250. The summed E-state index contributed by atoms with van der Waals surface area (Å²) in [6.45, 7) is 4.33. The molecule has 0 saturated carbocycles. The molecule has 0 aromatic rings. The van der Waals surface area contributed by atoms with E-state index in [4.69, 9.17) is 0 Å². The average molecular weight is 1110 g/mol. The zero-order valence-electron chi connectivity index (χ0n) is 53.9. The second kappa shape index (κ2) is 70.6. The van der Waals surface area contributed by atoms with E-state index < -0.39 is 12.1 Å². The summed E-state index contributed by atoms with van der Waals surface area (Å²) in [6, 6.07) is -0.640. The maximum Gasteiger partial charge on any atom is 0.220 e. The van der Waals surface area contributed by atoms with Crippen LogP contribution in [0.4, 0.5) is 0 Å². The molecule has 4 nitrogen and oxygen atoms in total. The second-order valence-corrected chi connectivity index (χ2v) is 25.0. The van der Waals surface area contributed by atoms with Crippen molar-refractivity contribution in [2.75, 3.05) is 6.61 Å². The summed E-state index contributed by atoms with van der Waals surface area (Å²) in [4.78, 5) is 12.5. The number of rotatable bonds is 68. The molecule has 0 aliphatic carbocycles. The predicted molar refractivity (Wildman–Crippen MR) is 355 cm³/mol. The van der Waals surface area contributed by atoms with Gasteiger partial charge >= 0.3 is 0 Å². The lowest BCUT2D eigenvalue weighted by molar-refractivity contribution is -0.123. The van der Waals surface area contributed by atoms with E-state index in [0.717, 1.165) is 38.5 Å². The summed E-state index contributed by atoms with van der Waals surface area (Å²) in [5.74, 6) is -0.0655. The highest BCUT2D eigenvalue weighted by Gasteiger charge is 2.18. The SMILES string of the molecule is CCCCCCC/C=C\C/C=C\CCCCCCCCCCCCCCCCCCCCCCCCCCCC(=O)NC(CO)C(O)/C=C/CC/C=C/CCCCCCCCCCCCCCCCCCCCCCCCCC. The van der Waals surface area contributed by atoms with Gasteiger partial charge in [0.2, 0.25) is 5.91 Å². The van der Waals surface area contributed by atoms with Crippen LogP contribution in [0.3, 0.4) is 0 Å². The molecule has 2 unspecified atom stereocenters. The number of hydrogen-bond acceptors (Lipinski definition) is 3. The predicted octanol–water partition coefficient (Wildman–Crippen LogP) is 24.9. The summed E-state index contributed by atoms with van der Waals surface area (Å²) in [6.07, 6.45) is 99.4. The monoisotopic (exact) mass is 1110 g/mol. The van der Waals surface area contributed by atoms with Gasteiger partial charge in [-0.15, -0.1) is 0 Å². The van der Waals surface area contributed by atoms with Crippen molar-refractivity contribution in [3.05, 3.63) is 48.6 Å². The highest BCUT2D eigenvalue weighted by Crippen LogP contribution is 2.19. The fourth-order valence-electron chi connectivity index (χ4n) is 11.5. The number of allylic oxidation sites excluding steroid dienone is 7. The van der Waals surface area contributed by atoms with Gasteiger partial charge in [0.15, 0.2) is 0 Å². The lowest BCUT2D eigenvalue weighted by atomic mass is 10.0. The molecule has 0 rings (SSSR count). The molecule has 1 amide bonds. The molecule has 0 aliphatic heterocycles. The fraction of sp³-hybridized carbons (Fsp3) is 0.880. The van der Waals surface area contributed by atoms with E-state index >= 15 is 0 Å². The van der Waals surface area contributed by atoms with Crippen molar-refractivity contribution in [3.8, 4) is 0 Å². The molecule has 2 atom stereocenters. The molecule has 79 heavy (non-hydrogen) atoms. The quantitative estimate of drug-likeness (QED) is 0.0420. The van der Waals surface area contributed by atoms with E-state index in [2.05, 4.69) is 55.6 Å². The summed E-state index contributed by atoms with van der Waals surface area (Å²) < 4.78 is 0. The number of carbonyl (C=O) groups excluding carboxylic acids is 1. The van der Waals surface area contributed by atoms with Crippen LogP contribution in [0, 0.1) is 0 Å². The van der Waals surface area contributed by atoms with Crippen LogP contribution in [-0.2, 0) is 4.79 Å². The van der Waals surface area contributed by atoms with Gasteiger partial charge in [0, 0.05) is 6.42 Å². The van der Waals surface area contributed by atoms with Gasteiger partial charge in [-0.3, -0.25) is 4.79 Å². The Labute approximate surface area is 496 Å². The third kappa shape index (κ3) is 67.0. The minimum absolute atomic E-state index is 0.0655. The number of amides is 1. The lowest BCUT2D eigenvalue weighted by Gasteiger charge is -2.19. The molecule has 0 fully saturated rings. The van der Waals surface area contributed by atoms with Gasteiger partial charge in [-0.2, -0.15) is 0 Å². The second-order valence-electron chi connectivity index (χ2n) is 25.0. The molecule has 3 N–H and O–H groups in total. The fourth-order valence-corrected chi connectivity index (χ4v) is 11.5. The molecule has 0 aliphatic rings. The van der Waals surface area contributed by atoms with E-state index in [1.807, 2.05) is 6.08 Å². The first-order valence-corrected chi connectivity index (χ1v) is 36.4. The number of hydrogen-bond donors (Lipinski definition) is 3. The normalized spacial score (nSPS) is 12.9. The van der Waals surface area contributed by atoms with E-state index in [1.165, 1.54) is 347 Å². The van der Waals surface area contributed by atoms with Crippen LogP contribution < -0.4 is 5.32 Å². The molecule has 0 bridgehead atoms. The Morgan fingerprint density at radius 2 is 0.532 bits per heavy atom. The Kier molecular flexibility index (Phi) is 69.1. The van der Waals surface area contributed by atoms with Gasteiger partial charge < -0.3 is 15.5 Å².